The number of thiocarbonyl (C=S) groups is 2. The van der Waals surface area contributed by atoms with E-state index in [1.807, 2.05) is 0 Å². The maximum atomic E-state index is 12.0. The first kappa shape index (κ1) is 34.4. The quantitative estimate of drug-likeness (QED) is 0.0577. The van der Waals surface area contributed by atoms with Crippen molar-refractivity contribution in [2.75, 3.05) is 31.6 Å². The fourth-order valence-electron chi connectivity index (χ4n) is 2.01. The molecule has 0 radical (unpaired) electrons. The van der Waals surface area contributed by atoms with Crippen molar-refractivity contribution in [2.24, 2.45) is 21.7 Å². The van der Waals surface area contributed by atoms with Crippen molar-refractivity contribution in [3.05, 3.63) is 0 Å². The van der Waals surface area contributed by atoms with Gasteiger partial charge in [0.2, 0.25) is 0 Å². The van der Waals surface area contributed by atoms with Gasteiger partial charge in [-0.05, 0) is 24.4 Å². The van der Waals surface area contributed by atoms with Gasteiger partial charge < -0.3 is 11.5 Å². The summed E-state index contributed by atoms with van der Waals surface area (Å²) >= 11 is 9.17. The molecule has 24 heteroatoms. The fraction of sp³-hybridized carbons (Fsp3) is 0.667. The van der Waals surface area contributed by atoms with Crippen LogP contribution in [0.2, 0.25) is 0 Å². The minimum atomic E-state index is -4.56. The van der Waals surface area contributed by atoms with Crippen LogP contribution < -0.4 is 22.3 Å². The summed E-state index contributed by atoms with van der Waals surface area (Å²) in [6, 6.07) is 0. The topological polar surface area (TPSA) is 274 Å². The van der Waals surface area contributed by atoms with Crippen LogP contribution in [0.15, 0.2) is 10.2 Å². The fourth-order valence-corrected chi connectivity index (χ4v) is 4.32. The van der Waals surface area contributed by atoms with Crippen molar-refractivity contribution in [3.63, 3.8) is 0 Å². The smallest absolute Gasteiger partial charge is 0.265 e. The lowest BCUT2D eigenvalue weighted by Gasteiger charge is -2.30. The molecule has 36 heavy (non-hydrogen) atoms. The largest absolute Gasteiger partial charge is 0.375 e. The minimum Gasteiger partial charge on any atom is -0.375 e. The molecule has 0 heterocycles. The molecule has 6 N–H and O–H groups in total. The van der Waals surface area contributed by atoms with E-state index in [1.165, 1.54) is 0 Å². The molecule has 210 valence electrons. The number of nitrogens with zero attached hydrogens (tertiary/aromatic N) is 2. The van der Waals surface area contributed by atoms with Crippen LogP contribution in [0.3, 0.4) is 0 Å². The molecule has 0 amide bonds. The Kier molecular flexibility index (Phi) is 13.1. The van der Waals surface area contributed by atoms with E-state index in [-0.39, 0.29) is 5.11 Å². The van der Waals surface area contributed by atoms with Crippen LogP contribution in [0, 0.1) is 0 Å². The van der Waals surface area contributed by atoms with Gasteiger partial charge in [0.25, 0.3) is 40.5 Å². The van der Waals surface area contributed by atoms with Gasteiger partial charge in [-0.2, -0.15) is 43.9 Å². The van der Waals surface area contributed by atoms with Gasteiger partial charge >= 0.3 is 0 Å². The molecule has 0 bridgehead atoms. The molecule has 18 nitrogen and oxygen atoms in total. The van der Waals surface area contributed by atoms with Gasteiger partial charge in [0.1, 0.15) is 17.9 Å². The highest BCUT2D eigenvalue weighted by Crippen LogP contribution is 2.20. The molecule has 0 aromatic heterocycles. The van der Waals surface area contributed by atoms with E-state index in [1.54, 1.807) is 0 Å². The molecular formula is C12H24N6O12S6. The third-order valence-electron chi connectivity index (χ3n) is 2.93. The third-order valence-corrected chi connectivity index (χ3v) is 5.40. The summed E-state index contributed by atoms with van der Waals surface area (Å²) in [5.74, 6) is 0. The molecule has 0 aromatic carbocycles. The normalized spacial score (nSPS) is 16.3. The van der Waals surface area contributed by atoms with Gasteiger partial charge in [0.05, 0.1) is 37.8 Å². The molecule has 0 aliphatic carbocycles. The van der Waals surface area contributed by atoms with Crippen molar-refractivity contribution in [3.8, 4) is 0 Å². The first-order valence-corrected chi connectivity index (χ1v) is 16.8. The molecule has 3 atom stereocenters. The van der Waals surface area contributed by atoms with E-state index in [0.717, 1.165) is 0 Å². The highest BCUT2D eigenvalue weighted by atomic mass is 32.2. The lowest BCUT2D eigenvalue weighted by Crippen LogP contribution is -2.51. The van der Waals surface area contributed by atoms with E-state index in [4.69, 9.17) is 24.0 Å². The molecule has 0 rings (SSSR count). The van der Waals surface area contributed by atoms with Crippen molar-refractivity contribution in [1.29, 1.82) is 0 Å². The third kappa shape index (κ3) is 17.7. The van der Waals surface area contributed by atoms with E-state index >= 15 is 0 Å². The second-order valence-electron chi connectivity index (χ2n) is 6.56. The minimum absolute atomic E-state index is 0.364. The Hall–Kier alpha value is -1.64. The average molecular weight is 637 g/mol. The van der Waals surface area contributed by atoms with Crippen LogP contribution in [-0.2, 0) is 57.2 Å². The molecule has 0 spiro atoms. The highest BCUT2D eigenvalue weighted by molar-refractivity contribution is 7.86. The monoisotopic (exact) mass is 636 g/mol. The molecular weight excluding hydrogens is 613 g/mol. The summed E-state index contributed by atoms with van der Waals surface area (Å²) in [4.78, 5) is 0. The van der Waals surface area contributed by atoms with E-state index in [0.29, 0.717) is 31.2 Å². The zero-order valence-corrected chi connectivity index (χ0v) is 23.8. The van der Waals surface area contributed by atoms with Crippen molar-refractivity contribution in [1.82, 2.24) is 10.9 Å². The molecule has 0 saturated heterocycles. The Morgan fingerprint density at radius 2 is 1.28 bits per heavy atom. The van der Waals surface area contributed by atoms with E-state index < -0.39 is 76.2 Å². The molecule has 0 saturated carbocycles. The predicted molar refractivity (Wildman–Crippen MR) is 136 cm³/mol. The maximum absolute atomic E-state index is 12.0. The lowest BCUT2D eigenvalue weighted by atomic mass is 10.0. The summed E-state index contributed by atoms with van der Waals surface area (Å²) in [5, 5.41) is 6.35. The van der Waals surface area contributed by atoms with Gasteiger partial charge in [0, 0.05) is 0 Å². The lowest BCUT2D eigenvalue weighted by molar-refractivity contribution is -0.00683. The van der Waals surface area contributed by atoms with Crippen LogP contribution in [0.25, 0.3) is 0 Å². The summed E-state index contributed by atoms with van der Waals surface area (Å²) in [6.07, 6.45) is -3.80. The predicted octanol–water partition coefficient (Wildman–Crippen LogP) is -3.99. The van der Waals surface area contributed by atoms with Crippen molar-refractivity contribution < 1.29 is 50.4 Å². The average Bonchev–Trinajstić information content (AvgIpc) is 2.61. The van der Waals surface area contributed by atoms with Crippen LogP contribution in [0.4, 0.5) is 0 Å². The molecule has 0 aromatic rings. The first-order valence-electron chi connectivity index (χ1n) is 8.70. The number of hydrogen-bond acceptors (Lipinski definition) is 16. The maximum Gasteiger partial charge on any atom is 0.265 e. The van der Waals surface area contributed by atoms with Crippen LogP contribution >= 0.6 is 24.4 Å². The van der Waals surface area contributed by atoms with Gasteiger partial charge in [0.15, 0.2) is 16.3 Å². The SMILES string of the molecule is CS(=O)(=O)OC[C@H](OS(C)(=O)=O)[C@H](OS(C)(=O)=O)[C@@H](OS(C)(=O)=O)C(C=NNC(N)=S)=NNC(N)=S. The Morgan fingerprint density at radius 1 is 0.806 bits per heavy atom. The number of hydrogen-bond donors (Lipinski definition) is 4. The molecule has 0 unspecified atom stereocenters. The summed E-state index contributed by atoms with van der Waals surface area (Å²) in [7, 11) is -17.8. The summed E-state index contributed by atoms with van der Waals surface area (Å²) < 4.78 is 114. The highest BCUT2D eigenvalue weighted by Gasteiger charge is 2.42. The molecule has 0 aliphatic heterocycles. The first-order chi connectivity index (χ1) is 16.0. The van der Waals surface area contributed by atoms with Gasteiger partial charge in [-0.1, -0.05) is 0 Å². The second-order valence-corrected chi connectivity index (χ2v) is 13.9. The summed E-state index contributed by atoms with van der Waals surface area (Å²) in [5.41, 5.74) is 14.0. The number of nitrogens with one attached hydrogen (secondary N) is 2. The number of rotatable bonds is 15. The Labute approximate surface area is 219 Å². The Balaban J connectivity index is 7.13. The van der Waals surface area contributed by atoms with E-state index in [9.17, 15) is 33.7 Å². The Morgan fingerprint density at radius 3 is 1.67 bits per heavy atom. The van der Waals surface area contributed by atoms with Crippen molar-refractivity contribution in [2.45, 2.75) is 18.3 Å². The van der Waals surface area contributed by atoms with Gasteiger partial charge in [-0.3, -0.25) is 27.6 Å². The standard InChI is InChI=1S/C12H24N6O12S6/c1-33(19,20)27-6-8(28-34(2,21)22)10(30-36(4,25)26)9(29-35(3,23)24)7(16-18-12(14)32)5-15-17-11(13)31/h5,8-10H,6H2,1-4H3,(H3,13,17,31)(H3,14,18,32)/t8-,9-,10-/m0/s1. The van der Waals surface area contributed by atoms with Gasteiger partial charge in [-0.25, -0.2) is 0 Å². The van der Waals surface area contributed by atoms with Crippen LogP contribution in [-0.4, -0.2) is 106 Å². The number of hydrazone groups is 2. The number of nitrogens with two attached hydrogens (primary N) is 2. The molecule has 0 fully saturated rings. The zero-order chi connectivity index (χ0) is 28.5. The van der Waals surface area contributed by atoms with Crippen LogP contribution in [0.1, 0.15) is 0 Å². The summed E-state index contributed by atoms with van der Waals surface area (Å²) in [6.45, 7) is -1.19. The van der Waals surface area contributed by atoms with Crippen LogP contribution in [0.5, 0.6) is 0 Å². The van der Waals surface area contributed by atoms with Crippen molar-refractivity contribution >= 4 is 87.1 Å². The van der Waals surface area contributed by atoms with E-state index in [2.05, 4.69) is 49.7 Å². The zero-order valence-electron chi connectivity index (χ0n) is 18.9. The molecule has 0 aliphatic rings. The Bertz CT molecular complexity index is 1290. The second kappa shape index (κ2) is 13.8. The van der Waals surface area contributed by atoms with Gasteiger partial charge in [-0.15, -0.1) is 0 Å².